The highest BCUT2D eigenvalue weighted by Crippen LogP contribution is 2.26. The SMILES string of the molecule is CSc1ccc(Nc2nc(N)n(-c3nc4ccccc4s3)n2)cc1. The van der Waals surface area contributed by atoms with Gasteiger partial charge in [0.05, 0.1) is 10.2 Å². The van der Waals surface area contributed by atoms with Crippen LogP contribution in [0.1, 0.15) is 0 Å². The molecule has 120 valence electrons. The van der Waals surface area contributed by atoms with E-state index in [2.05, 4.69) is 20.4 Å². The number of nitrogens with zero attached hydrogens (tertiary/aromatic N) is 4. The summed E-state index contributed by atoms with van der Waals surface area (Å²) in [4.78, 5) is 10.0. The molecule has 0 amide bonds. The molecule has 0 aliphatic carbocycles. The standard InChI is InChI=1S/C16H14N6S2/c1-23-11-8-6-10(7-9-11)18-15-20-14(17)22(21-15)16-19-12-4-2-3-5-13(12)24-16/h2-9H,1H3,(H3,17,18,20,21). The van der Waals surface area contributed by atoms with Crippen LogP contribution in [0.2, 0.25) is 0 Å². The number of aromatic nitrogens is 4. The highest BCUT2D eigenvalue weighted by atomic mass is 32.2. The predicted molar refractivity (Wildman–Crippen MR) is 100 cm³/mol. The Morgan fingerprint density at radius 1 is 1.08 bits per heavy atom. The van der Waals surface area contributed by atoms with Crippen molar-refractivity contribution in [3.8, 4) is 5.13 Å². The summed E-state index contributed by atoms with van der Waals surface area (Å²) in [6.07, 6.45) is 2.05. The Morgan fingerprint density at radius 2 is 1.88 bits per heavy atom. The van der Waals surface area contributed by atoms with Gasteiger partial charge in [0.25, 0.3) is 0 Å². The molecule has 0 saturated carbocycles. The molecule has 0 fully saturated rings. The molecular weight excluding hydrogens is 340 g/mol. The highest BCUT2D eigenvalue weighted by Gasteiger charge is 2.13. The van der Waals surface area contributed by atoms with Gasteiger partial charge in [-0.2, -0.15) is 9.67 Å². The fourth-order valence-corrected chi connectivity index (χ4v) is 3.61. The lowest BCUT2D eigenvalue weighted by Crippen LogP contribution is -2.01. The van der Waals surface area contributed by atoms with Crippen LogP contribution in [0.15, 0.2) is 53.4 Å². The number of hydrogen-bond donors (Lipinski definition) is 2. The molecule has 0 atom stereocenters. The van der Waals surface area contributed by atoms with Crippen LogP contribution in [0.25, 0.3) is 15.3 Å². The fraction of sp³-hybridized carbons (Fsp3) is 0.0625. The van der Waals surface area contributed by atoms with E-state index < -0.39 is 0 Å². The van der Waals surface area contributed by atoms with Gasteiger partial charge in [-0.25, -0.2) is 4.98 Å². The van der Waals surface area contributed by atoms with E-state index in [9.17, 15) is 0 Å². The van der Waals surface area contributed by atoms with Gasteiger partial charge in [0.2, 0.25) is 17.0 Å². The van der Waals surface area contributed by atoms with Gasteiger partial charge in [-0.05, 0) is 42.7 Å². The second kappa shape index (κ2) is 6.14. The van der Waals surface area contributed by atoms with E-state index in [1.165, 1.54) is 16.2 Å². The Labute approximate surface area is 146 Å². The van der Waals surface area contributed by atoms with Gasteiger partial charge in [0, 0.05) is 10.6 Å². The summed E-state index contributed by atoms with van der Waals surface area (Å²) in [5, 5.41) is 8.29. The Kier molecular flexibility index (Phi) is 3.83. The number of thiazole rings is 1. The van der Waals surface area contributed by atoms with E-state index in [0.717, 1.165) is 15.9 Å². The van der Waals surface area contributed by atoms with Crippen molar-refractivity contribution in [3.05, 3.63) is 48.5 Å². The van der Waals surface area contributed by atoms with Crippen molar-refractivity contribution in [3.63, 3.8) is 0 Å². The molecule has 24 heavy (non-hydrogen) atoms. The van der Waals surface area contributed by atoms with E-state index in [1.807, 2.05) is 54.8 Å². The quantitative estimate of drug-likeness (QED) is 0.541. The molecule has 0 unspecified atom stereocenters. The minimum Gasteiger partial charge on any atom is -0.368 e. The number of hydrogen-bond acceptors (Lipinski definition) is 7. The molecule has 0 bridgehead atoms. The second-order valence-electron chi connectivity index (χ2n) is 5.02. The number of benzene rings is 2. The summed E-state index contributed by atoms with van der Waals surface area (Å²) in [5.74, 6) is 0.751. The van der Waals surface area contributed by atoms with Crippen molar-refractivity contribution in [1.29, 1.82) is 0 Å². The number of fused-ring (bicyclic) bond motifs is 1. The predicted octanol–water partition coefficient (Wildman–Crippen LogP) is 3.92. The summed E-state index contributed by atoms with van der Waals surface area (Å²) in [6, 6.07) is 16.0. The molecule has 0 aliphatic heterocycles. The van der Waals surface area contributed by atoms with Crippen LogP contribution in [-0.4, -0.2) is 26.0 Å². The molecule has 2 aromatic heterocycles. The highest BCUT2D eigenvalue weighted by molar-refractivity contribution is 7.98. The molecule has 3 N–H and O–H groups in total. The van der Waals surface area contributed by atoms with Crippen molar-refractivity contribution in [2.24, 2.45) is 0 Å². The minimum atomic E-state index is 0.303. The Morgan fingerprint density at radius 3 is 2.62 bits per heavy atom. The first-order valence-electron chi connectivity index (χ1n) is 7.22. The van der Waals surface area contributed by atoms with Gasteiger partial charge >= 0.3 is 0 Å². The number of nitrogens with one attached hydrogen (secondary N) is 1. The number of thioether (sulfide) groups is 1. The average Bonchev–Trinajstić information content (AvgIpc) is 3.18. The van der Waals surface area contributed by atoms with E-state index in [-0.39, 0.29) is 0 Å². The van der Waals surface area contributed by atoms with Gasteiger partial charge in [-0.3, -0.25) is 0 Å². The van der Waals surface area contributed by atoms with Crippen LogP contribution in [0, 0.1) is 0 Å². The number of nitrogen functional groups attached to an aromatic ring is 1. The normalized spacial score (nSPS) is 11.0. The maximum Gasteiger partial charge on any atom is 0.248 e. The number of para-hydroxylation sites is 1. The topological polar surface area (TPSA) is 81.6 Å². The summed E-state index contributed by atoms with van der Waals surface area (Å²) in [5.41, 5.74) is 7.84. The molecule has 8 heteroatoms. The zero-order chi connectivity index (χ0) is 16.5. The van der Waals surface area contributed by atoms with Crippen molar-refractivity contribution in [2.75, 3.05) is 17.3 Å². The minimum absolute atomic E-state index is 0.303. The molecule has 4 rings (SSSR count). The van der Waals surface area contributed by atoms with Gasteiger partial charge in [-0.1, -0.05) is 23.5 Å². The second-order valence-corrected chi connectivity index (χ2v) is 6.91. The van der Waals surface area contributed by atoms with Crippen LogP contribution in [0.5, 0.6) is 0 Å². The zero-order valence-corrected chi connectivity index (χ0v) is 14.4. The number of anilines is 3. The lowest BCUT2D eigenvalue weighted by atomic mass is 10.3. The van der Waals surface area contributed by atoms with Gasteiger partial charge < -0.3 is 11.1 Å². The molecule has 2 heterocycles. The molecular formula is C16H14N6S2. The fourth-order valence-electron chi connectivity index (χ4n) is 2.27. The summed E-state index contributed by atoms with van der Waals surface area (Å²) in [6.45, 7) is 0. The van der Waals surface area contributed by atoms with Gasteiger partial charge in [-0.15, -0.1) is 16.9 Å². The third-order valence-corrected chi connectivity index (χ3v) is 5.20. The number of nitrogens with two attached hydrogens (primary N) is 1. The van der Waals surface area contributed by atoms with Crippen molar-refractivity contribution < 1.29 is 0 Å². The monoisotopic (exact) mass is 354 g/mol. The Hall–Kier alpha value is -2.58. The summed E-state index contributed by atoms with van der Waals surface area (Å²) >= 11 is 3.23. The average molecular weight is 354 g/mol. The lowest BCUT2D eigenvalue weighted by Gasteiger charge is -2.02. The summed E-state index contributed by atoms with van der Waals surface area (Å²) in [7, 11) is 0. The van der Waals surface area contributed by atoms with Crippen LogP contribution in [0.4, 0.5) is 17.6 Å². The Bertz CT molecular complexity index is 956. The van der Waals surface area contributed by atoms with E-state index in [4.69, 9.17) is 5.73 Å². The van der Waals surface area contributed by atoms with Gasteiger partial charge in [0.15, 0.2) is 0 Å². The maximum atomic E-state index is 6.01. The van der Waals surface area contributed by atoms with Crippen LogP contribution < -0.4 is 11.1 Å². The molecule has 0 spiro atoms. The smallest absolute Gasteiger partial charge is 0.248 e. The van der Waals surface area contributed by atoms with Crippen LogP contribution in [-0.2, 0) is 0 Å². The van der Waals surface area contributed by atoms with E-state index >= 15 is 0 Å². The maximum absolute atomic E-state index is 6.01. The Balaban J connectivity index is 1.63. The first-order valence-corrected chi connectivity index (χ1v) is 9.26. The molecule has 4 aromatic rings. The van der Waals surface area contributed by atoms with Crippen molar-refractivity contribution in [1.82, 2.24) is 19.7 Å². The summed E-state index contributed by atoms with van der Waals surface area (Å²) < 4.78 is 2.65. The van der Waals surface area contributed by atoms with Gasteiger partial charge in [0.1, 0.15) is 0 Å². The van der Waals surface area contributed by atoms with Crippen LogP contribution >= 0.6 is 23.1 Å². The third-order valence-electron chi connectivity index (χ3n) is 3.44. The number of rotatable bonds is 4. The molecule has 2 aromatic carbocycles. The molecule has 0 aliphatic rings. The van der Waals surface area contributed by atoms with E-state index in [0.29, 0.717) is 17.0 Å². The van der Waals surface area contributed by atoms with Crippen molar-refractivity contribution >= 4 is 50.9 Å². The van der Waals surface area contributed by atoms with Crippen LogP contribution in [0.3, 0.4) is 0 Å². The van der Waals surface area contributed by atoms with E-state index in [1.54, 1.807) is 16.4 Å². The lowest BCUT2D eigenvalue weighted by molar-refractivity contribution is 0.886. The largest absolute Gasteiger partial charge is 0.368 e. The molecule has 6 nitrogen and oxygen atoms in total. The zero-order valence-electron chi connectivity index (χ0n) is 12.8. The third kappa shape index (κ3) is 2.81. The first-order chi connectivity index (χ1) is 11.7. The molecule has 0 radical (unpaired) electrons. The first kappa shape index (κ1) is 15.0. The molecule has 0 saturated heterocycles. The van der Waals surface area contributed by atoms with Crippen molar-refractivity contribution in [2.45, 2.75) is 4.90 Å².